The van der Waals surface area contributed by atoms with E-state index in [2.05, 4.69) is 82.4 Å². The number of nitrogens with zero attached hydrogens (tertiary/aromatic N) is 2. The molecule has 4 heteroatoms. The molecule has 0 aliphatic carbocycles. The summed E-state index contributed by atoms with van der Waals surface area (Å²) in [4.78, 5) is 4.94. The van der Waals surface area contributed by atoms with E-state index in [1.807, 2.05) is 0 Å². The Kier molecular flexibility index (Phi) is 2.55. The Hall–Kier alpha value is -0.100. The molecule has 2 aliphatic heterocycles. The van der Waals surface area contributed by atoms with Crippen LogP contribution < -0.4 is 9.80 Å². The van der Waals surface area contributed by atoms with Crippen molar-refractivity contribution in [2.45, 2.75) is 17.2 Å². The van der Waals surface area contributed by atoms with Gasteiger partial charge in [-0.15, -0.1) is 11.8 Å². The van der Waals surface area contributed by atoms with E-state index in [1.54, 1.807) is 0 Å². The van der Waals surface area contributed by atoms with Crippen molar-refractivity contribution in [1.82, 2.24) is 0 Å². The number of fused-ring (bicyclic) bond motifs is 3. The molecule has 0 bridgehead atoms. The summed E-state index contributed by atoms with van der Waals surface area (Å²) in [5.41, 5.74) is 3.27. The van der Waals surface area contributed by atoms with Gasteiger partial charge in [0.25, 0.3) is 0 Å². The molecule has 2 aliphatic rings. The number of para-hydroxylation sites is 2. The third-order valence-electron chi connectivity index (χ3n) is 3.35. The molecule has 1 saturated heterocycles. The molecule has 1 aromatic rings. The van der Waals surface area contributed by atoms with Gasteiger partial charge in [-0.05, 0) is 19.1 Å². The third kappa shape index (κ3) is 1.45. The highest BCUT2D eigenvalue weighted by Crippen LogP contribution is 2.51. The standard InChI is InChI=1S/C12H15IN2S/c1-12(7-13)8-15-10-6-4-3-5-9(10)14(2)11(15)16-12/h3-6,11H,7-8H2,1-2H3/t11-,12-/m1/s1. The molecule has 0 spiro atoms. The first-order valence-electron chi connectivity index (χ1n) is 5.47. The van der Waals surface area contributed by atoms with E-state index in [4.69, 9.17) is 0 Å². The summed E-state index contributed by atoms with van der Waals surface area (Å²) >= 11 is 4.60. The third-order valence-corrected chi connectivity index (χ3v) is 7.17. The van der Waals surface area contributed by atoms with Crippen molar-refractivity contribution in [3.8, 4) is 0 Å². The van der Waals surface area contributed by atoms with Gasteiger partial charge in [0.2, 0.25) is 0 Å². The molecule has 0 amide bonds. The molecule has 1 aromatic carbocycles. The van der Waals surface area contributed by atoms with Crippen LogP contribution in [0.2, 0.25) is 0 Å². The lowest BCUT2D eigenvalue weighted by molar-refractivity contribution is 0.717. The minimum absolute atomic E-state index is 0.396. The van der Waals surface area contributed by atoms with E-state index in [0.29, 0.717) is 10.2 Å². The quantitative estimate of drug-likeness (QED) is 0.570. The molecule has 0 saturated carbocycles. The van der Waals surface area contributed by atoms with Crippen LogP contribution in [0, 0.1) is 0 Å². The first-order chi connectivity index (χ1) is 7.64. The van der Waals surface area contributed by atoms with Crippen LogP contribution in [0.1, 0.15) is 6.92 Å². The van der Waals surface area contributed by atoms with Crippen LogP contribution in [0.15, 0.2) is 24.3 Å². The highest BCUT2D eigenvalue weighted by Gasteiger charge is 2.47. The zero-order chi connectivity index (χ0) is 11.3. The molecule has 16 heavy (non-hydrogen) atoms. The van der Waals surface area contributed by atoms with Crippen molar-refractivity contribution >= 4 is 45.7 Å². The molecular weight excluding hydrogens is 331 g/mol. The van der Waals surface area contributed by atoms with Crippen LogP contribution in [0.3, 0.4) is 0 Å². The number of rotatable bonds is 1. The van der Waals surface area contributed by atoms with Gasteiger partial charge in [0, 0.05) is 22.8 Å². The van der Waals surface area contributed by atoms with Crippen molar-refractivity contribution in [2.24, 2.45) is 0 Å². The maximum Gasteiger partial charge on any atom is 0.151 e. The Morgan fingerprint density at radius 1 is 1.44 bits per heavy atom. The molecule has 0 radical (unpaired) electrons. The number of thioether (sulfide) groups is 1. The molecular formula is C12H15IN2S. The van der Waals surface area contributed by atoms with E-state index in [-0.39, 0.29) is 0 Å². The second-order valence-electron chi connectivity index (χ2n) is 4.76. The van der Waals surface area contributed by atoms with Gasteiger partial charge >= 0.3 is 0 Å². The highest BCUT2D eigenvalue weighted by molar-refractivity contribution is 14.1. The van der Waals surface area contributed by atoms with E-state index in [1.165, 1.54) is 15.8 Å². The average molecular weight is 346 g/mol. The molecule has 2 heterocycles. The lowest BCUT2D eigenvalue weighted by atomic mass is 10.2. The minimum Gasteiger partial charge on any atom is -0.344 e. The van der Waals surface area contributed by atoms with Gasteiger partial charge in [0.05, 0.1) is 11.4 Å². The predicted octanol–water partition coefficient (Wildman–Crippen LogP) is 3.17. The second kappa shape index (κ2) is 3.70. The van der Waals surface area contributed by atoms with Crippen LogP contribution in [0.4, 0.5) is 11.4 Å². The van der Waals surface area contributed by atoms with Gasteiger partial charge in [-0.3, -0.25) is 0 Å². The van der Waals surface area contributed by atoms with Gasteiger partial charge in [-0.1, -0.05) is 34.7 Å². The van der Waals surface area contributed by atoms with Gasteiger partial charge in [0.1, 0.15) is 0 Å². The lowest BCUT2D eigenvalue weighted by Crippen LogP contribution is -2.34. The number of hydrogen-bond donors (Lipinski definition) is 0. The zero-order valence-corrected chi connectivity index (χ0v) is 12.5. The fourth-order valence-corrected chi connectivity index (χ4v) is 4.64. The predicted molar refractivity (Wildman–Crippen MR) is 80.9 cm³/mol. The van der Waals surface area contributed by atoms with E-state index < -0.39 is 0 Å². The smallest absolute Gasteiger partial charge is 0.151 e. The lowest BCUT2D eigenvalue weighted by Gasteiger charge is -2.23. The molecule has 3 rings (SSSR count). The average Bonchev–Trinajstić information content (AvgIpc) is 2.77. The summed E-state index contributed by atoms with van der Waals surface area (Å²) in [5.74, 6) is 0. The Morgan fingerprint density at radius 3 is 2.81 bits per heavy atom. The number of alkyl halides is 1. The molecule has 0 unspecified atom stereocenters. The molecule has 0 aromatic heterocycles. The first-order valence-corrected chi connectivity index (χ1v) is 7.87. The van der Waals surface area contributed by atoms with Crippen molar-refractivity contribution in [2.75, 3.05) is 27.8 Å². The second-order valence-corrected chi connectivity index (χ2v) is 7.16. The van der Waals surface area contributed by atoms with E-state index >= 15 is 0 Å². The zero-order valence-electron chi connectivity index (χ0n) is 9.48. The summed E-state index contributed by atoms with van der Waals surface area (Å²) in [6.45, 7) is 3.53. The molecule has 1 fully saturated rings. The van der Waals surface area contributed by atoms with Crippen LogP contribution in [-0.2, 0) is 0 Å². The summed E-state index contributed by atoms with van der Waals surface area (Å²) in [7, 11) is 2.20. The fraction of sp³-hybridized carbons (Fsp3) is 0.500. The molecule has 2 atom stereocenters. The Bertz CT molecular complexity index is 425. The van der Waals surface area contributed by atoms with Crippen molar-refractivity contribution in [3.05, 3.63) is 24.3 Å². The number of benzene rings is 1. The SMILES string of the molecule is CN1c2ccccc2N2C[C@@](C)(CI)S[C@H]12. The molecule has 0 N–H and O–H groups in total. The van der Waals surface area contributed by atoms with E-state index in [9.17, 15) is 0 Å². The Morgan fingerprint density at radius 2 is 2.12 bits per heavy atom. The molecule has 2 nitrogen and oxygen atoms in total. The van der Waals surface area contributed by atoms with Crippen LogP contribution in [-0.4, -0.2) is 28.3 Å². The topological polar surface area (TPSA) is 6.48 Å². The monoisotopic (exact) mass is 346 g/mol. The number of hydrogen-bond acceptors (Lipinski definition) is 3. The van der Waals surface area contributed by atoms with Crippen molar-refractivity contribution < 1.29 is 0 Å². The van der Waals surface area contributed by atoms with Gasteiger partial charge < -0.3 is 9.80 Å². The highest BCUT2D eigenvalue weighted by atomic mass is 127. The largest absolute Gasteiger partial charge is 0.344 e. The Labute approximate surface area is 115 Å². The summed E-state index contributed by atoms with van der Waals surface area (Å²) < 4.78 is 1.60. The number of anilines is 2. The maximum atomic E-state index is 2.54. The van der Waals surface area contributed by atoms with Crippen LogP contribution >= 0.6 is 34.4 Å². The first kappa shape index (κ1) is 11.0. The van der Waals surface area contributed by atoms with Crippen LogP contribution in [0.5, 0.6) is 0 Å². The van der Waals surface area contributed by atoms with Gasteiger partial charge in [0.15, 0.2) is 5.50 Å². The van der Waals surface area contributed by atoms with E-state index in [0.717, 1.165) is 6.54 Å². The summed E-state index contributed by atoms with van der Waals surface area (Å²) in [5, 5.41) is 0. The minimum atomic E-state index is 0.396. The maximum absolute atomic E-state index is 2.54. The normalized spacial score (nSPS) is 31.8. The van der Waals surface area contributed by atoms with Crippen LogP contribution in [0.25, 0.3) is 0 Å². The van der Waals surface area contributed by atoms with Crippen molar-refractivity contribution in [1.29, 1.82) is 0 Å². The number of halogens is 1. The fourth-order valence-electron chi connectivity index (χ4n) is 2.48. The summed E-state index contributed by atoms with van der Waals surface area (Å²) in [6, 6.07) is 8.72. The Balaban J connectivity index is 2.00. The molecule has 86 valence electrons. The van der Waals surface area contributed by atoms with Gasteiger partial charge in [-0.25, -0.2) is 0 Å². The van der Waals surface area contributed by atoms with Gasteiger partial charge in [-0.2, -0.15) is 0 Å². The summed E-state index contributed by atoms with van der Waals surface area (Å²) in [6.07, 6.45) is 0. The van der Waals surface area contributed by atoms with Crippen molar-refractivity contribution in [3.63, 3.8) is 0 Å².